The number of fused-ring (bicyclic) bond motifs is 2. The summed E-state index contributed by atoms with van der Waals surface area (Å²) in [6, 6.07) is 1.51. The molecule has 0 aromatic carbocycles. The van der Waals surface area contributed by atoms with E-state index in [1.165, 1.54) is 6.07 Å². The number of hydrogen-bond donors (Lipinski definition) is 0. The molecule has 102 valence electrons. The monoisotopic (exact) mass is 344 g/mol. The Balaban J connectivity index is 2.43. The van der Waals surface area contributed by atoms with Crippen LogP contribution in [0.5, 0.6) is 0 Å². The van der Waals surface area contributed by atoms with Gasteiger partial charge in [0, 0.05) is 12.5 Å². The number of rotatable bonds is 0. The summed E-state index contributed by atoms with van der Waals surface area (Å²) in [5.74, 6) is -0.178. The maximum atomic E-state index is 12.5. The van der Waals surface area contributed by atoms with Gasteiger partial charge in [-0.3, -0.25) is 14.2 Å². The molecule has 0 bridgehead atoms. The summed E-state index contributed by atoms with van der Waals surface area (Å²) in [5.41, 5.74) is -0.601. The molecule has 1 atom stereocenters. The second-order valence-electron chi connectivity index (χ2n) is 5.89. The molecular weight excluding hydrogens is 332 g/mol. The zero-order valence-electron chi connectivity index (χ0n) is 11.0. The van der Waals surface area contributed by atoms with E-state index in [1.54, 1.807) is 16.5 Å². The number of aromatic nitrogens is 1. The van der Waals surface area contributed by atoms with Gasteiger partial charge in [0.05, 0.1) is 9.50 Å². The molecule has 4 nitrogen and oxygen atoms in total. The molecule has 3 rings (SSSR count). The van der Waals surface area contributed by atoms with Crippen LogP contribution in [0.25, 0.3) is 0 Å². The number of pyridine rings is 1. The molecule has 1 fully saturated rings. The lowest BCUT2D eigenvalue weighted by molar-refractivity contribution is -0.120. The van der Waals surface area contributed by atoms with Gasteiger partial charge in [0.25, 0.3) is 11.5 Å². The topological polar surface area (TPSA) is 42.3 Å². The van der Waals surface area contributed by atoms with Gasteiger partial charge in [0.2, 0.25) is 0 Å². The highest BCUT2D eigenvalue weighted by molar-refractivity contribution is 9.10. The van der Waals surface area contributed by atoms with E-state index in [0.29, 0.717) is 15.2 Å². The van der Waals surface area contributed by atoms with Crippen molar-refractivity contribution in [1.82, 2.24) is 9.47 Å². The smallest absolute Gasteiger partial charge is 0.273 e. The first-order chi connectivity index (χ1) is 8.74. The lowest BCUT2D eigenvalue weighted by Gasteiger charge is -2.57. The fourth-order valence-corrected chi connectivity index (χ4v) is 4.28. The highest BCUT2D eigenvalue weighted by atomic mass is 79.9. The molecule has 1 spiro atoms. The Labute approximate surface area is 124 Å². The number of carbonyl (C=O) groups excluding carboxylic acids is 1. The Morgan fingerprint density at radius 2 is 1.95 bits per heavy atom. The van der Waals surface area contributed by atoms with Gasteiger partial charge in [0.15, 0.2) is 0 Å². The molecule has 0 saturated heterocycles. The highest BCUT2D eigenvalue weighted by Crippen LogP contribution is 2.58. The van der Waals surface area contributed by atoms with E-state index >= 15 is 0 Å². The first kappa shape index (κ1) is 13.2. The van der Waals surface area contributed by atoms with Crippen LogP contribution in [0, 0.1) is 5.41 Å². The molecular formula is C13H14BrClN2O2. The number of hydrogen-bond acceptors (Lipinski definition) is 2. The largest absolute Gasteiger partial charge is 0.316 e. The summed E-state index contributed by atoms with van der Waals surface area (Å²) in [5, 5.41) is 0.322. The highest BCUT2D eigenvalue weighted by Gasteiger charge is 2.63. The van der Waals surface area contributed by atoms with Crippen LogP contribution in [0.4, 0.5) is 0 Å². The lowest BCUT2D eigenvalue weighted by Crippen LogP contribution is -2.64. The maximum Gasteiger partial charge on any atom is 0.273 e. The lowest BCUT2D eigenvalue weighted by atomic mass is 9.61. The molecule has 1 aromatic rings. The van der Waals surface area contributed by atoms with E-state index in [1.807, 2.05) is 0 Å². The molecule has 19 heavy (non-hydrogen) atoms. The average Bonchev–Trinajstić information content (AvgIpc) is 2.57. The van der Waals surface area contributed by atoms with Crippen molar-refractivity contribution in [3.05, 3.63) is 31.6 Å². The minimum absolute atomic E-state index is 0.142. The number of halogens is 2. The summed E-state index contributed by atoms with van der Waals surface area (Å²) in [6.45, 7) is 4.16. The zero-order chi connectivity index (χ0) is 14.2. The minimum atomic E-state index is -0.579. The van der Waals surface area contributed by atoms with Crippen LogP contribution in [-0.4, -0.2) is 22.4 Å². The number of amides is 1. The molecule has 1 aromatic heterocycles. The van der Waals surface area contributed by atoms with Gasteiger partial charge in [0.1, 0.15) is 11.4 Å². The Kier molecular flexibility index (Phi) is 2.53. The first-order valence-corrected chi connectivity index (χ1v) is 7.31. The van der Waals surface area contributed by atoms with Crippen molar-refractivity contribution in [3.8, 4) is 0 Å². The SMILES string of the molecule is CN1C(=O)c2c(Cl)cc(Br)c(=O)n2C12CCC2(C)C. The molecule has 1 aliphatic carbocycles. The normalized spacial score (nSPS) is 27.6. The van der Waals surface area contributed by atoms with E-state index in [0.717, 1.165) is 12.8 Å². The summed E-state index contributed by atoms with van der Waals surface area (Å²) >= 11 is 9.41. The van der Waals surface area contributed by atoms with Gasteiger partial charge in [-0.2, -0.15) is 0 Å². The maximum absolute atomic E-state index is 12.5. The van der Waals surface area contributed by atoms with Crippen LogP contribution < -0.4 is 5.56 Å². The van der Waals surface area contributed by atoms with E-state index in [2.05, 4.69) is 29.8 Å². The predicted molar refractivity (Wildman–Crippen MR) is 76.5 cm³/mol. The number of nitrogens with zero attached hydrogens (tertiary/aromatic N) is 2. The fourth-order valence-electron chi connectivity index (χ4n) is 3.47. The zero-order valence-corrected chi connectivity index (χ0v) is 13.3. The third-order valence-electron chi connectivity index (χ3n) is 4.73. The van der Waals surface area contributed by atoms with E-state index in [4.69, 9.17) is 11.6 Å². The molecule has 1 aliphatic heterocycles. The van der Waals surface area contributed by atoms with Crippen LogP contribution in [0.15, 0.2) is 15.3 Å². The Hall–Kier alpha value is -0.810. The van der Waals surface area contributed by atoms with Gasteiger partial charge in [-0.1, -0.05) is 25.4 Å². The van der Waals surface area contributed by atoms with Crippen LogP contribution in [0.1, 0.15) is 37.2 Å². The third-order valence-corrected chi connectivity index (χ3v) is 5.58. The Morgan fingerprint density at radius 3 is 2.42 bits per heavy atom. The standard InChI is InChI=1S/C13H14BrClN2O2/c1-12(2)4-5-13(12)16(3)11(19)9-8(15)6-7(14)10(18)17(9)13/h6H,4-5H2,1-3H3. The van der Waals surface area contributed by atoms with Crippen molar-refractivity contribution < 1.29 is 4.79 Å². The molecule has 1 amide bonds. The molecule has 2 aliphatic rings. The molecule has 6 heteroatoms. The number of carbonyl (C=O) groups is 1. The predicted octanol–water partition coefficient (Wildman–Crippen LogP) is 2.82. The van der Waals surface area contributed by atoms with Gasteiger partial charge in [-0.05, 0) is 34.8 Å². The van der Waals surface area contributed by atoms with Gasteiger partial charge >= 0.3 is 0 Å². The van der Waals surface area contributed by atoms with Crippen LogP contribution in [0.2, 0.25) is 5.02 Å². The van der Waals surface area contributed by atoms with Crippen LogP contribution >= 0.6 is 27.5 Å². The first-order valence-electron chi connectivity index (χ1n) is 6.14. The van der Waals surface area contributed by atoms with Gasteiger partial charge in [-0.15, -0.1) is 0 Å². The van der Waals surface area contributed by atoms with Crippen molar-refractivity contribution in [2.75, 3.05) is 7.05 Å². The van der Waals surface area contributed by atoms with Crippen molar-refractivity contribution in [1.29, 1.82) is 0 Å². The molecule has 2 heterocycles. The van der Waals surface area contributed by atoms with Crippen LogP contribution in [0.3, 0.4) is 0 Å². The van der Waals surface area contributed by atoms with E-state index in [9.17, 15) is 9.59 Å². The van der Waals surface area contributed by atoms with Gasteiger partial charge < -0.3 is 4.90 Å². The van der Waals surface area contributed by atoms with Crippen molar-refractivity contribution in [2.45, 2.75) is 32.4 Å². The fraction of sp³-hybridized carbons (Fsp3) is 0.538. The molecule has 0 N–H and O–H groups in total. The minimum Gasteiger partial charge on any atom is -0.316 e. The van der Waals surface area contributed by atoms with E-state index < -0.39 is 5.66 Å². The second kappa shape index (κ2) is 3.64. The molecule has 0 radical (unpaired) electrons. The Bertz CT molecular complexity index is 667. The summed E-state index contributed by atoms with van der Waals surface area (Å²) in [6.07, 6.45) is 1.75. The molecule has 1 unspecified atom stereocenters. The third kappa shape index (κ3) is 1.30. The quantitative estimate of drug-likeness (QED) is 0.725. The summed E-state index contributed by atoms with van der Waals surface area (Å²) in [4.78, 5) is 26.6. The van der Waals surface area contributed by atoms with Crippen LogP contribution in [-0.2, 0) is 5.66 Å². The summed E-state index contributed by atoms with van der Waals surface area (Å²) in [7, 11) is 1.75. The van der Waals surface area contributed by atoms with E-state index in [-0.39, 0.29) is 16.9 Å². The van der Waals surface area contributed by atoms with Crippen molar-refractivity contribution in [2.24, 2.45) is 5.41 Å². The van der Waals surface area contributed by atoms with Crippen molar-refractivity contribution in [3.63, 3.8) is 0 Å². The average molecular weight is 346 g/mol. The molecule has 1 saturated carbocycles. The summed E-state index contributed by atoms with van der Waals surface area (Å²) < 4.78 is 1.98. The second-order valence-corrected chi connectivity index (χ2v) is 7.16. The Morgan fingerprint density at radius 1 is 1.32 bits per heavy atom. The van der Waals surface area contributed by atoms with Gasteiger partial charge in [-0.25, -0.2) is 0 Å². The van der Waals surface area contributed by atoms with Crippen molar-refractivity contribution >= 4 is 33.4 Å².